The van der Waals surface area contributed by atoms with E-state index in [9.17, 15) is 9.18 Å². The third-order valence-corrected chi connectivity index (χ3v) is 6.90. The van der Waals surface area contributed by atoms with E-state index in [4.69, 9.17) is 23.2 Å². The lowest BCUT2D eigenvalue weighted by Gasteiger charge is -2.17. The first-order valence-corrected chi connectivity index (χ1v) is 13.2. The normalized spacial score (nSPS) is 12.0. The first-order valence-electron chi connectivity index (χ1n) is 11.5. The van der Waals surface area contributed by atoms with Gasteiger partial charge in [-0.15, -0.1) is 10.2 Å². The van der Waals surface area contributed by atoms with Crippen LogP contribution < -0.4 is 5.32 Å². The molecule has 3 rings (SSSR count). The molecule has 34 heavy (non-hydrogen) atoms. The lowest BCUT2D eigenvalue weighted by Crippen LogP contribution is -2.28. The van der Waals surface area contributed by atoms with E-state index in [1.807, 2.05) is 17.6 Å². The van der Waals surface area contributed by atoms with E-state index in [1.54, 1.807) is 24.3 Å². The molecule has 0 radical (unpaired) electrons. The number of benzene rings is 2. The van der Waals surface area contributed by atoms with Gasteiger partial charge in [0.2, 0.25) is 5.91 Å². The van der Waals surface area contributed by atoms with Gasteiger partial charge in [0, 0.05) is 17.2 Å². The molecule has 0 saturated heterocycles. The molecule has 1 unspecified atom stereocenters. The largest absolute Gasteiger partial charge is 0.346 e. The minimum absolute atomic E-state index is 0.0127. The highest BCUT2D eigenvalue weighted by atomic mass is 35.5. The molecule has 1 heterocycles. The molecule has 0 spiro atoms. The SMILES string of the molecule is CCCCCCCC(=O)NC(C)c1nnc(SCc2ccc(F)cc2)n1-c1ccc(Cl)cc1Cl. The summed E-state index contributed by atoms with van der Waals surface area (Å²) in [5, 5.41) is 13.4. The number of hydrogen-bond donors (Lipinski definition) is 1. The van der Waals surface area contributed by atoms with Crippen LogP contribution in [0.5, 0.6) is 0 Å². The first-order chi connectivity index (χ1) is 16.4. The second kappa shape index (κ2) is 13.1. The molecule has 1 atom stereocenters. The molecular formula is C25H29Cl2FN4OS. The highest BCUT2D eigenvalue weighted by molar-refractivity contribution is 7.98. The number of carbonyl (C=O) groups excluding carboxylic acids is 1. The minimum atomic E-state index is -0.373. The number of amides is 1. The quantitative estimate of drug-likeness (QED) is 0.197. The van der Waals surface area contributed by atoms with Gasteiger partial charge in [0.05, 0.1) is 16.8 Å². The van der Waals surface area contributed by atoms with E-state index >= 15 is 0 Å². The van der Waals surface area contributed by atoms with Gasteiger partial charge in [-0.2, -0.15) is 0 Å². The van der Waals surface area contributed by atoms with E-state index < -0.39 is 0 Å². The van der Waals surface area contributed by atoms with Crippen LogP contribution in [0, 0.1) is 5.82 Å². The summed E-state index contributed by atoms with van der Waals surface area (Å²) < 4.78 is 15.1. The van der Waals surface area contributed by atoms with Crippen LogP contribution in [0.15, 0.2) is 47.6 Å². The highest BCUT2D eigenvalue weighted by Gasteiger charge is 2.22. The number of rotatable bonds is 12. The molecule has 0 aliphatic rings. The molecule has 1 aromatic heterocycles. The molecule has 0 aliphatic heterocycles. The summed E-state index contributed by atoms with van der Waals surface area (Å²) in [7, 11) is 0. The van der Waals surface area contributed by atoms with Crippen molar-refractivity contribution in [3.63, 3.8) is 0 Å². The van der Waals surface area contributed by atoms with Crippen molar-refractivity contribution in [2.24, 2.45) is 0 Å². The van der Waals surface area contributed by atoms with Gasteiger partial charge >= 0.3 is 0 Å². The maximum atomic E-state index is 13.2. The fourth-order valence-electron chi connectivity index (χ4n) is 3.54. The number of hydrogen-bond acceptors (Lipinski definition) is 4. The van der Waals surface area contributed by atoms with Crippen LogP contribution in [0.2, 0.25) is 10.0 Å². The van der Waals surface area contributed by atoms with Gasteiger partial charge in [-0.3, -0.25) is 9.36 Å². The van der Waals surface area contributed by atoms with Crippen LogP contribution in [0.4, 0.5) is 4.39 Å². The van der Waals surface area contributed by atoms with Crippen LogP contribution in [0.3, 0.4) is 0 Å². The number of carbonyl (C=O) groups is 1. The average Bonchev–Trinajstić information content (AvgIpc) is 3.22. The summed E-state index contributed by atoms with van der Waals surface area (Å²) in [6.07, 6.45) is 5.92. The number of nitrogens with one attached hydrogen (secondary N) is 1. The molecule has 1 amide bonds. The zero-order chi connectivity index (χ0) is 24.5. The predicted octanol–water partition coefficient (Wildman–Crippen LogP) is 7.54. The molecule has 2 aromatic carbocycles. The molecule has 3 aromatic rings. The molecule has 0 aliphatic carbocycles. The zero-order valence-electron chi connectivity index (χ0n) is 19.4. The van der Waals surface area contributed by atoms with Gasteiger partial charge in [0.15, 0.2) is 11.0 Å². The third kappa shape index (κ3) is 7.45. The average molecular weight is 524 g/mol. The Morgan fingerprint density at radius 3 is 2.53 bits per heavy atom. The Morgan fingerprint density at radius 1 is 1.09 bits per heavy atom. The molecule has 9 heteroatoms. The van der Waals surface area contributed by atoms with Crippen LogP contribution in [-0.4, -0.2) is 20.7 Å². The topological polar surface area (TPSA) is 59.8 Å². The molecule has 0 fully saturated rings. The lowest BCUT2D eigenvalue weighted by molar-refractivity contribution is -0.121. The van der Waals surface area contributed by atoms with Gasteiger partial charge in [-0.05, 0) is 49.2 Å². The van der Waals surface area contributed by atoms with Crippen molar-refractivity contribution < 1.29 is 9.18 Å². The van der Waals surface area contributed by atoms with Crippen molar-refractivity contribution in [3.05, 3.63) is 69.7 Å². The van der Waals surface area contributed by atoms with Crippen molar-refractivity contribution in [3.8, 4) is 5.69 Å². The van der Waals surface area contributed by atoms with Crippen molar-refractivity contribution in [2.75, 3.05) is 0 Å². The maximum absolute atomic E-state index is 13.2. The summed E-state index contributed by atoms with van der Waals surface area (Å²) in [5.74, 6) is 0.857. The van der Waals surface area contributed by atoms with Gasteiger partial charge in [0.25, 0.3) is 0 Å². The Labute approximate surface area is 214 Å². The van der Waals surface area contributed by atoms with E-state index in [0.29, 0.717) is 38.9 Å². The number of halogens is 3. The van der Waals surface area contributed by atoms with Crippen LogP contribution >= 0.6 is 35.0 Å². The fraction of sp³-hybridized carbons (Fsp3) is 0.400. The van der Waals surface area contributed by atoms with Gasteiger partial charge in [-0.1, -0.05) is 79.7 Å². The molecule has 182 valence electrons. The number of nitrogens with zero attached hydrogens (tertiary/aromatic N) is 3. The van der Waals surface area contributed by atoms with Crippen LogP contribution in [-0.2, 0) is 10.5 Å². The predicted molar refractivity (Wildman–Crippen MR) is 137 cm³/mol. The van der Waals surface area contributed by atoms with Crippen LogP contribution in [0.25, 0.3) is 5.69 Å². The lowest BCUT2D eigenvalue weighted by atomic mass is 10.1. The van der Waals surface area contributed by atoms with Crippen molar-refractivity contribution in [1.29, 1.82) is 0 Å². The van der Waals surface area contributed by atoms with E-state index in [-0.39, 0.29) is 17.8 Å². The third-order valence-electron chi connectivity index (χ3n) is 5.36. The van der Waals surface area contributed by atoms with Gasteiger partial charge in [-0.25, -0.2) is 4.39 Å². The molecular weight excluding hydrogens is 494 g/mol. The molecule has 0 bridgehead atoms. The second-order valence-electron chi connectivity index (χ2n) is 8.14. The Bertz CT molecular complexity index is 1090. The Kier molecular flexibility index (Phi) is 10.2. The van der Waals surface area contributed by atoms with Gasteiger partial charge < -0.3 is 5.32 Å². The van der Waals surface area contributed by atoms with E-state index in [0.717, 1.165) is 24.8 Å². The molecule has 0 saturated carbocycles. The smallest absolute Gasteiger partial charge is 0.220 e. The Morgan fingerprint density at radius 2 is 1.82 bits per heavy atom. The summed E-state index contributed by atoms with van der Waals surface area (Å²) >= 11 is 14.1. The first kappa shape index (κ1) is 26.5. The number of aromatic nitrogens is 3. The summed E-state index contributed by atoms with van der Waals surface area (Å²) in [6.45, 7) is 4.05. The standard InChI is InChI=1S/C25H29Cl2FN4OS/c1-3-4-5-6-7-8-23(33)29-17(2)24-30-31-25(34-16-18-9-12-20(28)13-10-18)32(24)22-14-11-19(26)15-21(22)27/h9-15,17H,3-8,16H2,1-2H3,(H,29,33). The van der Waals surface area contributed by atoms with Crippen molar-refractivity contribution in [1.82, 2.24) is 20.1 Å². The Hall–Kier alpha value is -2.09. The Balaban J connectivity index is 1.79. The number of thioether (sulfide) groups is 1. The van der Waals surface area contributed by atoms with Crippen LogP contribution in [0.1, 0.15) is 69.8 Å². The maximum Gasteiger partial charge on any atom is 0.220 e. The summed E-state index contributed by atoms with van der Waals surface area (Å²) in [4.78, 5) is 12.5. The number of unbranched alkanes of at least 4 members (excludes halogenated alkanes) is 4. The summed E-state index contributed by atoms with van der Waals surface area (Å²) in [5.41, 5.74) is 1.63. The van der Waals surface area contributed by atoms with Crippen molar-refractivity contribution in [2.45, 2.75) is 69.3 Å². The highest BCUT2D eigenvalue weighted by Crippen LogP contribution is 2.32. The zero-order valence-corrected chi connectivity index (χ0v) is 21.7. The molecule has 1 N–H and O–H groups in total. The van der Waals surface area contributed by atoms with Crippen molar-refractivity contribution >= 4 is 40.9 Å². The minimum Gasteiger partial charge on any atom is -0.346 e. The van der Waals surface area contributed by atoms with Gasteiger partial charge in [0.1, 0.15) is 5.82 Å². The second-order valence-corrected chi connectivity index (χ2v) is 9.93. The monoisotopic (exact) mass is 522 g/mol. The fourth-order valence-corrected chi connectivity index (χ4v) is 4.94. The van der Waals surface area contributed by atoms with E-state index in [2.05, 4.69) is 22.4 Å². The van der Waals surface area contributed by atoms with E-state index in [1.165, 1.54) is 36.7 Å². The molecule has 5 nitrogen and oxygen atoms in total. The summed E-state index contributed by atoms with van der Waals surface area (Å²) in [6, 6.07) is 11.2.